The van der Waals surface area contributed by atoms with E-state index in [-0.39, 0.29) is 36.8 Å². The maximum Gasteiger partial charge on any atom is 0.227 e. The molecule has 0 aromatic rings. The molecule has 3 fully saturated rings. The van der Waals surface area contributed by atoms with Gasteiger partial charge in [-0.1, -0.05) is 19.3 Å². The Morgan fingerprint density at radius 3 is 2.13 bits per heavy atom. The van der Waals surface area contributed by atoms with Gasteiger partial charge < -0.3 is 10.6 Å². The predicted octanol–water partition coefficient (Wildman–Crippen LogP) is 2.82. The number of halogens is 2. The summed E-state index contributed by atoms with van der Waals surface area (Å²) in [6.45, 7) is 4.36. The molecule has 2 N–H and O–H groups in total. The van der Waals surface area contributed by atoms with Gasteiger partial charge in [0.1, 0.15) is 0 Å². The first-order chi connectivity index (χ1) is 10.3. The Balaban J connectivity index is 0.00000132. The Kier molecular flexibility index (Phi) is 9.20. The molecule has 4 nitrogen and oxygen atoms in total. The highest BCUT2D eigenvalue weighted by Gasteiger charge is 2.36. The van der Waals surface area contributed by atoms with Gasteiger partial charge in [0.15, 0.2) is 0 Å². The molecule has 0 radical (unpaired) electrons. The highest BCUT2D eigenvalue weighted by Crippen LogP contribution is 2.28. The molecule has 6 heteroatoms. The normalized spacial score (nSPS) is 32.6. The molecule has 2 saturated heterocycles. The number of hydrogen-bond donors (Lipinski definition) is 1. The van der Waals surface area contributed by atoms with Crippen molar-refractivity contribution in [1.82, 2.24) is 9.80 Å². The first kappa shape index (κ1) is 21.0. The Labute approximate surface area is 153 Å². The summed E-state index contributed by atoms with van der Waals surface area (Å²) in [5, 5.41) is 0. The highest BCUT2D eigenvalue weighted by atomic mass is 35.5. The average Bonchev–Trinajstić information content (AvgIpc) is 2.78. The van der Waals surface area contributed by atoms with Crippen molar-refractivity contribution in [3.8, 4) is 0 Å². The quantitative estimate of drug-likeness (QED) is 0.818. The zero-order valence-corrected chi connectivity index (χ0v) is 15.8. The van der Waals surface area contributed by atoms with Gasteiger partial charge in [-0.25, -0.2) is 0 Å². The standard InChI is InChI=1S/C17H31N3O.2ClH/c18-16-9-5-8-15(16)17(21)20-12-6-7-14(13-20)19-10-3-1-2-4-11-19;;/h14-16H,1-13,18H2;2*1H. The summed E-state index contributed by atoms with van der Waals surface area (Å²) < 4.78 is 0. The molecule has 136 valence electrons. The number of hydrogen-bond acceptors (Lipinski definition) is 3. The van der Waals surface area contributed by atoms with Crippen LogP contribution in [-0.4, -0.2) is 54.0 Å². The van der Waals surface area contributed by atoms with E-state index in [4.69, 9.17) is 5.73 Å². The van der Waals surface area contributed by atoms with E-state index in [9.17, 15) is 4.79 Å². The van der Waals surface area contributed by atoms with Gasteiger partial charge in [0.2, 0.25) is 5.91 Å². The van der Waals surface area contributed by atoms with E-state index in [1.54, 1.807) is 0 Å². The van der Waals surface area contributed by atoms with Crippen LogP contribution in [0.15, 0.2) is 0 Å². The SMILES string of the molecule is Cl.Cl.NC1CCCC1C(=O)N1CCCC(N2CCCCCC2)C1. The summed E-state index contributed by atoms with van der Waals surface area (Å²) in [6, 6.07) is 0.703. The summed E-state index contributed by atoms with van der Waals surface area (Å²) >= 11 is 0. The van der Waals surface area contributed by atoms with Crippen LogP contribution in [0, 0.1) is 5.92 Å². The minimum absolute atomic E-state index is 0. The van der Waals surface area contributed by atoms with Crippen molar-refractivity contribution in [2.75, 3.05) is 26.2 Å². The molecular formula is C17H33Cl2N3O. The fourth-order valence-electron chi connectivity index (χ4n) is 4.44. The van der Waals surface area contributed by atoms with E-state index in [0.29, 0.717) is 11.9 Å². The molecular weight excluding hydrogens is 333 g/mol. The van der Waals surface area contributed by atoms with Crippen molar-refractivity contribution in [3.63, 3.8) is 0 Å². The Bertz CT molecular complexity index is 362. The largest absolute Gasteiger partial charge is 0.341 e. The summed E-state index contributed by atoms with van der Waals surface area (Å²) in [6.07, 6.45) is 11.0. The van der Waals surface area contributed by atoms with Crippen LogP contribution in [0.4, 0.5) is 0 Å². The summed E-state index contributed by atoms with van der Waals surface area (Å²) in [5.74, 6) is 0.451. The Morgan fingerprint density at radius 2 is 1.52 bits per heavy atom. The first-order valence-electron chi connectivity index (χ1n) is 9.04. The van der Waals surface area contributed by atoms with Crippen LogP contribution >= 0.6 is 24.8 Å². The van der Waals surface area contributed by atoms with Crippen LogP contribution in [0.25, 0.3) is 0 Å². The molecule has 3 aliphatic rings. The number of rotatable bonds is 2. The monoisotopic (exact) mass is 365 g/mol. The van der Waals surface area contributed by atoms with Crippen molar-refractivity contribution in [2.45, 2.75) is 69.9 Å². The molecule has 0 bridgehead atoms. The van der Waals surface area contributed by atoms with Crippen LogP contribution in [0.1, 0.15) is 57.8 Å². The van der Waals surface area contributed by atoms with Gasteiger partial charge in [-0.2, -0.15) is 0 Å². The molecule has 0 aromatic heterocycles. The van der Waals surface area contributed by atoms with Gasteiger partial charge in [0.05, 0.1) is 5.92 Å². The van der Waals surface area contributed by atoms with Gasteiger partial charge in [0, 0.05) is 25.2 Å². The van der Waals surface area contributed by atoms with E-state index < -0.39 is 0 Å². The third-order valence-electron chi connectivity index (χ3n) is 5.75. The van der Waals surface area contributed by atoms with E-state index in [1.807, 2.05) is 0 Å². The van der Waals surface area contributed by atoms with Crippen molar-refractivity contribution in [1.29, 1.82) is 0 Å². The number of nitrogens with zero attached hydrogens (tertiary/aromatic N) is 2. The summed E-state index contributed by atoms with van der Waals surface area (Å²) in [7, 11) is 0. The molecule has 1 aliphatic carbocycles. The van der Waals surface area contributed by atoms with Gasteiger partial charge in [-0.3, -0.25) is 9.69 Å². The lowest BCUT2D eigenvalue weighted by molar-refractivity contribution is -0.137. The van der Waals surface area contributed by atoms with Crippen molar-refractivity contribution in [2.24, 2.45) is 11.7 Å². The van der Waals surface area contributed by atoms with Gasteiger partial charge in [0.25, 0.3) is 0 Å². The van der Waals surface area contributed by atoms with Crippen molar-refractivity contribution in [3.05, 3.63) is 0 Å². The number of nitrogens with two attached hydrogens (primary N) is 1. The molecule has 1 saturated carbocycles. The van der Waals surface area contributed by atoms with Crippen LogP contribution in [0.2, 0.25) is 0 Å². The number of carbonyl (C=O) groups is 1. The molecule has 0 aromatic carbocycles. The molecule has 3 unspecified atom stereocenters. The topological polar surface area (TPSA) is 49.6 Å². The zero-order chi connectivity index (χ0) is 14.7. The summed E-state index contributed by atoms with van der Waals surface area (Å²) in [5.41, 5.74) is 6.13. The van der Waals surface area contributed by atoms with E-state index in [1.165, 1.54) is 45.2 Å². The molecule has 1 amide bonds. The second kappa shape index (κ2) is 10.1. The second-order valence-electron chi connectivity index (χ2n) is 7.23. The number of amides is 1. The summed E-state index contributed by atoms with van der Waals surface area (Å²) in [4.78, 5) is 17.5. The fraction of sp³-hybridized carbons (Fsp3) is 0.941. The molecule has 2 heterocycles. The highest BCUT2D eigenvalue weighted by molar-refractivity contribution is 5.85. The Morgan fingerprint density at radius 1 is 0.826 bits per heavy atom. The lowest BCUT2D eigenvalue weighted by Gasteiger charge is -2.40. The molecule has 0 spiro atoms. The lowest BCUT2D eigenvalue weighted by atomic mass is 9.98. The third kappa shape index (κ3) is 5.22. The molecule has 2 aliphatic heterocycles. The van der Waals surface area contributed by atoms with Crippen LogP contribution in [0.3, 0.4) is 0 Å². The number of piperidine rings is 1. The van der Waals surface area contributed by atoms with Crippen LogP contribution < -0.4 is 5.73 Å². The van der Waals surface area contributed by atoms with Gasteiger partial charge in [-0.05, 0) is 51.6 Å². The molecule has 3 rings (SSSR count). The lowest BCUT2D eigenvalue weighted by Crippen LogP contribution is -2.52. The van der Waals surface area contributed by atoms with Crippen molar-refractivity contribution >= 4 is 30.7 Å². The number of carbonyl (C=O) groups excluding carboxylic acids is 1. The third-order valence-corrected chi connectivity index (χ3v) is 5.75. The van der Waals surface area contributed by atoms with Crippen LogP contribution in [-0.2, 0) is 4.79 Å². The van der Waals surface area contributed by atoms with E-state index in [0.717, 1.165) is 38.8 Å². The minimum Gasteiger partial charge on any atom is -0.341 e. The van der Waals surface area contributed by atoms with Gasteiger partial charge >= 0.3 is 0 Å². The van der Waals surface area contributed by atoms with E-state index >= 15 is 0 Å². The van der Waals surface area contributed by atoms with Crippen molar-refractivity contribution < 1.29 is 4.79 Å². The fourth-order valence-corrected chi connectivity index (χ4v) is 4.44. The number of likely N-dealkylation sites (tertiary alicyclic amines) is 2. The smallest absolute Gasteiger partial charge is 0.227 e. The second-order valence-corrected chi connectivity index (χ2v) is 7.23. The molecule has 3 atom stereocenters. The zero-order valence-electron chi connectivity index (χ0n) is 14.1. The first-order valence-corrected chi connectivity index (χ1v) is 9.04. The predicted molar refractivity (Wildman–Crippen MR) is 99.5 cm³/mol. The average molecular weight is 366 g/mol. The van der Waals surface area contributed by atoms with Crippen LogP contribution in [0.5, 0.6) is 0 Å². The Hall–Kier alpha value is -0.0300. The maximum atomic E-state index is 12.7. The maximum absolute atomic E-state index is 12.7. The molecule has 23 heavy (non-hydrogen) atoms. The van der Waals surface area contributed by atoms with Gasteiger partial charge in [-0.15, -0.1) is 24.8 Å². The van der Waals surface area contributed by atoms with E-state index in [2.05, 4.69) is 9.80 Å². The minimum atomic E-state index is 0.